The number of benzene rings is 1. The SMILES string of the molecule is Cc1c(-c2cc3cc(NC(=O)O[C@H]4C[C@@H](F)C4)ncc3c(N)c2F)cnc2c1NCCO2. The molecule has 4 N–H and O–H groups in total. The Bertz CT molecular complexity index is 1230. The first-order chi connectivity index (χ1) is 15.4. The summed E-state index contributed by atoms with van der Waals surface area (Å²) in [5, 5.41) is 6.75. The fraction of sp³-hybridized carbons (Fsp3) is 0.318. The fourth-order valence-electron chi connectivity index (χ4n) is 3.94. The van der Waals surface area contributed by atoms with Crippen LogP contribution in [0.4, 0.5) is 30.8 Å². The van der Waals surface area contributed by atoms with Crippen LogP contribution in [0.3, 0.4) is 0 Å². The maximum Gasteiger partial charge on any atom is 0.413 e. The number of nitrogens with two attached hydrogens (primary N) is 1. The Morgan fingerprint density at radius 1 is 1.28 bits per heavy atom. The predicted molar refractivity (Wildman–Crippen MR) is 116 cm³/mol. The van der Waals surface area contributed by atoms with Crippen molar-refractivity contribution in [3.05, 3.63) is 35.9 Å². The van der Waals surface area contributed by atoms with Crippen LogP contribution in [0.25, 0.3) is 21.9 Å². The number of aromatic nitrogens is 2. The second-order valence-corrected chi connectivity index (χ2v) is 7.92. The highest BCUT2D eigenvalue weighted by Gasteiger charge is 2.32. The molecule has 0 bridgehead atoms. The minimum absolute atomic E-state index is 0.0519. The smallest absolute Gasteiger partial charge is 0.413 e. The molecule has 1 fully saturated rings. The van der Waals surface area contributed by atoms with Gasteiger partial charge in [0.05, 0.1) is 5.69 Å². The standard InChI is InChI=1S/C22H21F2N5O3/c1-10-15(8-28-21-20(10)26-2-3-31-21)14-4-11-5-17(27-9-16(11)19(25)18(14)24)29-22(30)32-13-6-12(23)7-13/h4-5,8-9,12-13,26H,2-3,6-7,25H2,1H3,(H,27,29,30)/t12-,13+. The van der Waals surface area contributed by atoms with Gasteiger partial charge >= 0.3 is 6.09 Å². The van der Waals surface area contributed by atoms with E-state index in [2.05, 4.69) is 20.6 Å². The van der Waals surface area contributed by atoms with Gasteiger partial charge in [0.2, 0.25) is 5.88 Å². The van der Waals surface area contributed by atoms with Gasteiger partial charge in [-0.05, 0) is 30.0 Å². The van der Waals surface area contributed by atoms with Crippen LogP contribution in [0.5, 0.6) is 5.88 Å². The fourth-order valence-corrected chi connectivity index (χ4v) is 3.94. The summed E-state index contributed by atoms with van der Waals surface area (Å²) in [7, 11) is 0. The summed E-state index contributed by atoms with van der Waals surface area (Å²) in [6.45, 7) is 3.00. The summed E-state index contributed by atoms with van der Waals surface area (Å²) in [6, 6.07) is 3.22. The molecule has 1 saturated carbocycles. The first-order valence-corrected chi connectivity index (χ1v) is 10.3. The molecular formula is C22H21F2N5O3. The zero-order valence-corrected chi connectivity index (χ0v) is 17.2. The summed E-state index contributed by atoms with van der Waals surface area (Å²) >= 11 is 0. The Balaban J connectivity index is 1.49. The number of hydrogen-bond acceptors (Lipinski definition) is 7. The second-order valence-electron chi connectivity index (χ2n) is 7.92. The molecule has 3 heterocycles. The third kappa shape index (κ3) is 3.51. The first kappa shape index (κ1) is 20.2. The highest BCUT2D eigenvalue weighted by molar-refractivity contribution is 5.99. The van der Waals surface area contributed by atoms with E-state index in [1.54, 1.807) is 18.3 Å². The van der Waals surface area contributed by atoms with E-state index in [0.717, 1.165) is 11.3 Å². The number of halogens is 2. The largest absolute Gasteiger partial charge is 0.474 e. The lowest BCUT2D eigenvalue weighted by atomic mass is 9.94. The van der Waals surface area contributed by atoms with E-state index in [0.29, 0.717) is 35.4 Å². The number of nitrogens with one attached hydrogen (secondary N) is 2. The van der Waals surface area contributed by atoms with E-state index in [9.17, 15) is 9.18 Å². The average Bonchev–Trinajstić information content (AvgIpc) is 2.76. The van der Waals surface area contributed by atoms with Crippen LogP contribution in [0.1, 0.15) is 18.4 Å². The maximum atomic E-state index is 15.2. The number of carbonyl (C=O) groups is 1. The van der Waals surface area contributed by atoms with Crippen molar-refractivity contribution >= 4 is 34.1 Å². The van der Waals surface area contributed by atoms with Gasteiger partial charge in [-0.15, -0.1) is 0 Å². The lowest BCUT2D eigenvalue weighted by Crippen LogP contribution is -2.35. The van der Waals surface area contributed by atoms with Crippen LogP contribution < -0.4 is 21.1 Å². The normalized spacial score (nSPS) is 19.3. The number of carbonyl (C=O) groups excluding carboxylic acids is 1. The summed E-state index contributed by atoms with van der Waals surface area (Å²) in [5.41, 5.74) is 8.38. The summed E-state index contributed by atoms with van der Waals surface area (Å²) in [5.74, 6) is 0.115. The number of ether oxygens (including phenoxy) is 2. The van der Waals surface area contributed by atoms with Gasteiger partial charge in [0.1, 0.15) is 30.4 Å². The monoisotopic (exact) mass is 441 g/mol. The highest BCUT2D eigenvalue weighted by Crippen LogP contribution is 2.39. The van der Waals surface area contributed by atoms with Gasteiger partial charge in [-0.1, -0.05) is 0 Å². The Labute approximate surface area is 182 Å². The molecule has 0 unspecified atom stereocenters. The molecule has 0 atom stereocenters. The molecule has 10 heteroatoms. The Kier molecular flexibility index (Phi) is 4.91. The van der Waals surface area contributed by atoms with Crippen molar-refractivity contribution in [3.63, 3.8) is 0 Å². The molecule has 8 nitrogen and oxygen atoms in total. The number of rotatable bonds is 3. The molecule has 1 amide bonds. The number of alkyl halides is 1. The quantitative estimate of drug-likeness (QED) is 0.523. The Morgan fingerprint density at radius 3 is 2.88 bits per heavy atom. The van der Waals surface area contributed by atoms with Gasteiger partial charge < -0.3 is 20.5 Å². The average molecular weight is 441 g/mol. The van der Waals surface area contributed by atoms with Crippen LogP contribution in [-0.2, 0) is 4.74 Å². The van der Waals surface area contributed by atoms with Crippen LogP contribution >= 0.6 is 0 Å². The van der Waals surface area contributed by atoms with Gasteiger partial charge in [0.25, 0.3) is 0 Å². The minimum atomic E-state index is -0.925. The zero-order valence-electron chi connectivity index (χ0n) is 17.2. The number of pyridine rings is 2. The van der Waals surface area contributed by atoms with Gasteiger partial charge in [-0.25, -0.2) is 23.5 Å². The van der Waals surface area contributed by atoms with Gasteiger partial charge in [0.15, 0.2) is 5.82 Å². The Hall–Kier alpha value is -3.69. The van der Waals surface area contributed by atoms with Crippen LogP contribution in [0, 0.1) is 12.7 Å². The van der Waals surface area contributed by atoms with Crippen molar-refractivity contribution in [2.45, 2.75) is 32.0 Å². The molecule has 0 radical (unpaired) electrons. The molecule has 3 aromatic rings. The van der Waals surface area contributed by atoms with Crippen LogP contribution in [0.15, 0.2) is 24.5 Å². The molecule has 32 heavy (non-hydrogen) atoms. The molecule has 0 spiro atoms. The molecule has 2 aromatic heterocycles. The molecule has 0 saturated heterocycles. The third-order valence-corrected chi connectivity index (χ3v) is 5.78. The summed E-state index contributed by atoms with van der Waals surface area (Å²) in [4.78, 5) is 20.5. The third-order valence-electron chi connectivity index (χ3n) is 5.78. The van der Waals surface area contributed by atoms with E-state index >= 15 is 4.39 Å². The lowest BCUT2D eigenvalue weighted by Gasteiger charge is -2.28. The first-order valence-electron chi connectivity index (χ1n) is 10.3. The van der Waals surface area contributed by atoms with E-state index in [1.165, 1.54) is 6.20 Å². The van der Waals surface area contributed by atoms with Gasteiger partial charge in [-0.3, -0.25) is 5.32 Å². The van der Waals surface area contributed by atoms with Gasteiger partial charge in [0, 0.05) is 48.3 Å². The minimum Gasteiger partial charge on any atom is -0.474 e. The number of nitrogens with zero attached hydrogens (tertiary/aromatic N) is 2. The van der Waals surface area contributed by atoms with Crippen molar-refractivity contribution in [2.75, 3.05) is 29.5 Å². The van der Waals surface area contributed by atoms with Crippen molar-refractivity contribution in [3.8, 4) is 17.0 Å². The van der Waals surface area contributed by atoms with Gasteiger partial charge in [-0.2, -0.15) is 0 Å². The number of hydrogen-bond donors (Lipinski definition) is 3. The van der Waals surface area contributed by atoms with Crippen molar-refractivity contribution in [1.82, 2.24) is 9.97 Å². The van der Waals surface area contributed by atoms with Crippen LogP contribution in [-0.4, -0.2) is 41.5 Å². The Morgan fingerprint density at radius 2 is 2.09 bits per heavy atom. The van der Waals surface area contributed by atoms with E-state index in [1.807, 2.05) is 6.92 Å². The maximum absolute atomic E-state index is 15.2. The number of nitrogen functional groups attached to an aromatic ring is 1. The molecule has 5 rings (SSSR count). The molecular weight excluding hydrogens is 420 g/mol. The van der Waals surface area contributed by atoms with Crippen molar-refractivity contribution < 1.29 is 23.0 Å². The number of anilines is 3. The lowest BCUT2D eigenvalue weighted by molar-refractivity contribution is 0.00921. The molecule has 166 valence electrons. The van der Waals surface area contributed by atoms with Crippen LogP contribution in [0.2, 0.25) is 0 Å². The molecule has 2 aliphatic rings. The zero-order chi connectivity index (χ0) is 22.4. The predicted octanol–water partition coefficient (Wildman–Crippen LogP) is 4.18. The summed E-state index contributed by atoms with van der Waals surface area (Å²) in [6.07, 6.45) is 1.27. The number of fused-ring (bicyclic) bond motifs is 2. The van der Waals surface area contributed by atoms with E-state index in [4.69, 9.17) is 15.2 Å². The van der Waals surface area contributed by atoms with Crippen molar-refractivity contribution in [1.29, 1.82) is 0 Å². The molecule has 1 aromatic carbocycles. The molecule has 1 aliphatic carbocycles. The van der Waals surface area contributed by atoms with E-state index in [-0.39, 0.29) is 29.9 Å². The van der Waals surface area contributed by atoms with E-state index < -0.39 is 24.2 Å². The topological polar surface area (TPSA) is 111 Å². The molecule has 1 aliphatic heterocycles. The van der Waals surface area contributed by atoms with Crippen molar-refractivity contribution in [2.24, 2.45) is 0 Å². The number of amides is 1. The highest BCUT2D eigenvalue weighted by atomic mass is 19.1. The summed E-state index contributed by atoms with van der Waals surface area (Å²) < 4.78 is 38.8. The second kappa shape index (κ2) is 7.77.